The quantitative estimate of drug-likeness (QED) is 0.739. The zero-order valence-electron chi connectivity index (χ0n) is 12.2. The summed E-state index contributed by atoms with van der Waals surface area (Å²) in [5, 5.41) is 10.3. The van der Waals surface area contributed by atoms with Gasteiger partial charge in [0.2, 0.25) is 5.91 Å². The molecule has 0 aliphatic heterocycles. The zero-order chi connectivity index (χ0) is 13.5. The second-order valence-corrected chi connectivity index (χ2v) is 4.58. The first kappa shape index (κ1) is 17.9. The summed E-state index contributed by atoms with van der Waals surface area (Å²) < 4.78 is 1.89. The van der Waals surface area contributed by atoms with Crippen LogP contribution in [-0.4, -0.2) is 35.8 Å². The third kappa shape index (κ3) is 5.61. The van der Waals surface area contributed by atoms with Crippen LogP contribution in [0, 0.1) is 13.8 Å². The van der Waals surface area contributed by atoms with Gasteiger partial charge in [0, 0.05) is 25.7 Å². The Kier molecular flexibility index (Phi) is 8.43. The summed E-state index contributed by atoms with van der Waals surface area (Å²) in [6, 6.07) is 0. The lowest BCUT2D eigenvalue weighted by Gasteiger charge is -2.05. The number of rotatable bonds is 7. The largest absolute Gasteiger partial charge is 0.356 e. The molecule has 0 saturated heterocycles. The van der Waals surface area contributed by atoms with Crippen LogP contribution < -0.4 is 10.6 Å². The van der Waals surface area contributed by atoms with Crippen LogP contribution in [0.15, 0.2) is 0 Å². The minimum atomic E-state index is 0. The van der Waals surface area contributed by atoms with Crippen LogP contribution in [0.4, 0.5) is 0 Å². The molecule has 110 valence electrons. The van der Waals surface area contributed by atoms with Gasteiger partial charge in [-0.1, -0.05) is 0 Å². The fraction of sp³-hybridized carbons (Fsp3) is 0.692. The predicted octanol–water partition coefficient (Wildman–Crippen LogP) is 1.12. The Morgan fingerprint density at radius 1 is 1.32 bits per heavy atom. The maximum absolute atomic E-state index is 11.5. The maximum Gasteiger partial charge on any atom is 0.220 e. The Balaban J connectivity index is 0.00000324. The van der Waals surface area contributed by atoms with Crippen molar-refractivity contribution in [3.63, 3.8) is 0 Å². The molecule has 0 saturated carbocycles. The number of nitrogens with one attached hydrogen (secondary N) is 2. The number of carbonyl (C=O) groups excluding carboxylic acids is 1. The number of amides is 1. The molecule has 5 nitrogen and oxygen atoms in total. The van der Waals surface area contributed by atoms with Gasteiger partial charge in [-0.25, -0.2) is 0 Å². The molecular formula is C13H25ClN4O. The number of hydrogen-bond acceptors (Lipinski definition) is 3. The molecule has 2 N–H and O–H groups in total. The van der Waals surface area contributed by atoms with Gasteiger partial charge in [0.15, 0.2) is 0 Å². The summed E-state index contributed by atoms with van der Waals surface area (Å²) in [7, 11) is 3.84. The summed E-state index contributed by atoms with van der Waals surface area (Å²) >= 11 is 0. The van der Waals surface area contributed by atoms with Crippen molar-refractivity contribution in [2.24, 2.45) is 7.05 Å². The van der Waals surface area contributed by atoms with Crippen LogP contribution in [0.5, 0.6) is 0 Å². The number of nitrogens with zero attached hydrogens (tertiary/aromatic N) is 2. The zero-order valence-corrected chi connectivity index (χ0v) is 13.1. The second kappa shape index (κ2) is 8.93. The molecule has 1 aromatic heterocycles. The molecule has 0 aliphatic rings. The van der Waals surface area contributed by atoms with Crippen molar-refractivity contribution in [2.45, 2.75) is 33.1 Å². The molecule has 6 heteroatoms. The maximum atomic E-state index is 11.5. The third-order valence-electron chi connectivity index (χ3n) is 3.19. The fourth-order valence-electron chi connectivity index (χ4n) is 2.02. The van der Waals surface area contributed by atoms with Crippen LogP contribution in [0.3, 0.4) is 0 Å². The lowest BCUT2D eigenvalue weighted by Crippen LogP contribution is -2.26. The highest BCUT2D eigenvalue weighted by Gasteiger charge is 2.09. The Morgan fingerprint density at radius 2 is 2.00 bits per heavy atom. The minimum Gasteiger partial charge on any atom is -0.356 e. The van der Waals surface area contributed by atoms with E-state index in [4.69, 9.17) is 0 Å². The fourth-order valence-corrected chi connectivity index (χ4v) is 2.02. The van der Waals surface area contributed by atoms with Crippen LogP contribution >= 0.6 is 12.4 Å². The van der Waals surface area contributed by atoms with E-state index in [1.807, 2.05) is 25.7 Å². The van der Waals surface area contributed by atoms with E-state index < -0.39 is 0 Å². The van der Waals surface area contributed by atoms with Gasteiger partial charge in [0.1, 0.15) is 0 Å². The Bertz CT molecular complexity index is 404. The predicted molar refractivity (Wildman–Crippen MR) is 79.8 cm³/mol. The first-order chi connectivity index (χ1) is 8.56. The van der Waals surface area contributed by atoms with Crippen LogP contribution in [0.1, 0.15) is 29.8 Å². The van der Waals surface area contributed by atoms with Crippen molar-refractivity contribution in [3.05, 3.63) is 17.0 Å². The number of hydrogen-bond donors (Lipinski definition) is 2. The molecule has 0 fully saturated rings. The van der Waals surface area contributed by atoms with E-state index in [0.717, 1.165) is 25.1 Å². The van der Waals surface area contributed by atoms with Crippen LogP contribution in [-0.2, 0) is 18.3 Å². The normalized spacial score (nSPS) is 10.1. The van der Waals surface area contributed by atoms with Gasteiger partial charge in [-0.2, -0.15) is 5.10 Å². The molecule has 19 heavy (non-hydrogen) atoms. The first-order valence-electron chi connectivity index (χ1n) is 6.46. The van der Waals surface area contributed by atoms with Gasteiger partial charge in [0.05, 0.1) is 5.69 Å². The van der Waals surface area contributed by atoms with Crippen molar-refractivity contribution in [1.29, 1.82) is 0 Å². The van der Waals surface area contributed by atoms with Gasteiger partial charge < -0.3 is 10.6 Å². The Morgan fingerprint density at radius 3 is 2.53 bits per heavy atom. The lowest BCUT2D eigenvalue weighted by molar-refractivity contribution is -0.121. The van der Waals surface area contributed by atoms with Gasteiger partial charge in [-0.3, -0.25) is 9.48 Å². The van der Waals surface area contributed by atoms with E-state index >= 15 is 0 Å². The van der Waals surface area contributed by atoms with E-state index in [1.165, 1.54) is 11.3 Å². The van der Waals surface area contributed by atoms with E-state index in [1.54, 1.807) is 0 Å². The average molecular weight is 289 g/mol. The van der Waals surface area contributed by atoms with Crippen LogP contribution in [0.2, 0.25) is 0 Å². The van der Waals surface area contributed by atoms with Gasteiger partial charge >= 0.3 is 0 Å². The van der Waals surface area contributed by atoms with Crippen molar-refractivity contribution >= 4 is 18.3 Å². The number of aromatic nitrogens is 2. The van der Waals surface area contributed by atoms with Crippen molar-refractivity contribution in [1.82, 2.24) is 20.4 Å². The van der Waals surface area contributed by atoms with Gasteiger partial charge in [-0.05, 0) is 45.8 Å². The molecule has 0 radical (unpaired) electrons. The standard InChI is InChI=1S/C13H24N4O.ClH/c1-10-12(11(2)17(4)16-10)7-9-15-13(18)6-5-8-14-3;/h14H,5-9H2,1-4H3,(H,15,18);1H. The van der Waals surface area contributed by atoms with E-state index in [2.05, 4.69) is 22.7 Å². The Hall–Kier alpha value is -1.07. The van der Waals surface area contributed by atoms with E-state index in [-0.39, 0.29) is 18.3 Å². The summed E-state index contributed by atoms with van der Waals surface area (Å²) in [4.78, 5) is 11.5. The second-order valence-electron chi connectivity index (χ2n) is 4.58. The molecule has 0 aromatic carbocycles. The smallest absolute Gasteiger partial charge is 0.220 e. The van der Waals surface area contributed by atoms with Crippen molar-refractivity contribution < 1.29 is 4.79 Å². The highest BCUT2D eigenvalue weighted by molar-refractivity contribution is 5.85. The third-order valence-corrected chi connectivity index (χ3v) is 3.19. The first-order valence-corrected chi connectivity index (χ1v) is 6.46. The molecule has 0 spiro atoms. The molecule has 1 rings (SSSR count). The molecule has 0 unspecified atom stereocenters. The topological polar surface area (TPSA) is 59.0 Å². The van der Waals surface area contributed by atoms with E-state index in [0.29, 0.717) is 13.0 Å². The van der Waals surface area contributed by atoms with Crippen molar-refractivity contribution in [2.75, 3.05) is 20.1 Å². The molecular weight excluding hydrogens is 264 g/mol. The Labute approximate surface area is 121 Å². The SMILES string of the molecule is CNCCCC(=O)NCCc1c(C)nn(C)c1C.Cl. The summed E-state index contributed by atoms with van der Waals surface area (Å²) in [6.07, 6.45) is 2.32. The summed E-state index contributed by atoms with van der Waals surface area (Å²) in [5.41, 5.74) is 3.48. The molecule has 1 heterocycles. The highest BCUT2D eigenvalue weighted by Crippen LogP contribution is 2.11. The molecule has 0 bridgehead atoms. The minimum absolute atomic E-state index is 0. The highest BCUT2D eigenvalue weighted by atomic mass is 35.5. The monoisotopic (exact) mass is 288 g/mol. The summed E-state index contributed by atoms with van der Waals surface area (Å²) in [5.74, 6) is 0.129. The molecule has 1 aromatic rings. The average Bonchev–Trinajstić information content (AvgIpc) is 2.56. The van der Waals surface area contributed by atoms with E-state index in [9.17, 15) is 4.79 Å². The molecule has 0 atom stereocenters. The van der Waals surface area contributed by atoms with Crippen LogP contribution in [0.25, 0.3) is 0 Å². The van der Waals surface area contributed by atoms with Gasteiger partial charge in [0.25, 0.3) is 0 Å². The number of carbonyl (C=O) groups is 1. The number of aryl methyl sites for hydroxylation is 2. The lowest BCUT2D eigenvalue weighted by atomic mass is 10.1. The molecule has 0 aliphatic carbocycles. The molecule has 1 amide bonds. The van der Waals surface area contributed by atoms with Crippen molar-refractivity contribution in [3.8, 4) is 0 Å². The van der Waals surface area contributed by atoms with Gasteiger partial charge in [-0.15, -0.1) is 12.4 Å². The summed E-state index contributed by atoms with van der Waals surface area (Å²) in [6.45, 7) is 5.64. The number of halogens is 1.